The van der Waals surface area contributed by atoms with Crippen molar-refractivity contribution >= 4 is 37.8 Å². The van der Waals surface area contributed by atoms with Crippen LogP contribution in [-0.4, -0.2) is 42.1 Å². The third-order valence-corrected chi connectivity index (χ3v) is 4.14. The Labute approximate surface area is 108 Å². The zero-order valence-electron chi connectivity index (χ0n) is 8.61. The van der Waals surface area contributed by atoms with Crippen LogP contribution < -0.4 is 0 Å². The quantitative estimate of drug-likeness (QED) is 0.532. The van der Waals surface area contributed by atoms with Crippen LogP contribution in [0.15, 0.2) is 0 Å². The van der Waals surface area contributed by atoms with Crippen molar-refractivity contribution in [2.24, 2.45) is 0 Å². The maximum atomic E-state index is 13.7. The van der Waals surface area contributed by atoms with Crippen LogP contribution in [0.3, 0.4) is 0 Å². The van der Waals surface area contributed by atoms with Crippen LogP contribution in [0.25, 0.3) is 0 Å². The summed E-state index contributed by atoms with van der Waals surface area (Å²) in [5.74, 6) is -9.51. The molecular weight excluding hydrogens is 361 g/mol. The van der Waals surface area contributed by atoms with E-state index in [-0.39, 0.29) is 5.33 Å². The Bertz CT molecular complexity index is 253. The molecule has 0 saturated heterocycles. The number of carbonyl (C=O) groups is 1. The van der Waals surface area contributed by atoms with Crippen LogP contribution in [0.1, 0.15) is 6.42 Å². The number of methoxy groups -OCH3 is 2. The molecule has 0 spiro atoms. The van der Waals surface area contributed by atoms with E-state index in [0.717, 1.165) is 7.11 Å². The van der Waals surface area contributed by atoms with E-state index in [1.165, 1.54) is 0 Å². The molecule has 0 aromatic heterocycles. The van der Waals surface area contributed by atoms with Crippen molar-refractivity contribution in [2.75, 3.05) is 19.5 Å². The van der Waals surface area contributed by atoms with Crippen LogP contribution in [0.5, 0.6) is 0 Å². The smallest absolute Gasteiger partial charge is 0.378 e. The summed E-state index contributed by atoms with van der Waals surface area (Å²) < 4.78 is 48.6. The molecule has 3 nitrogen and oxygen atoms in total. The summed E-state index contributed by atoms with van der Waals surface area (Å²) in [6.07, 6.45) is -0.905. The molecule has 0 aromatic carbocycles. The minimum Gasteiger partial charge on any atom is -0.465 e. The lowest BCUT2D eigenvalue weighted by atomic mass is 10.1. The minimum absolute atomic E-state index is 0.184. The summed E-state index contributed by atoms with van der Waals surface area (Å²) in [6.45, 7) is 0. The average molecular weight is 372 g/mol. The van der Waals surface area contributed by atoms with E-state index in [2.05, 4.69) is 41.3 Å². The number of hydrogen-bond acceptors (Lipinski definition) is 3. The highest BCUT2D eigenvalue weighted by Gasteiger charge is 2.62. The molecule has 0 amide bonds. The summed E-state index contributed by atoms with van der Waals surface area (Å²) >= 11 is 5.85. The lowest BCUT2D eigenvalue weighted by Crippen LogP contribution is -2.53. The summed E-state index contributed by atoms with van der Waals surface area (Å²) in [4.78, 5) is 10.3. The standard InChI is InChI=1S/C8H11Br2F3O3/c1-15-6(14)8(13,16-2)7(11,12)3-5(10)4-9/h5H,3-4H2,1-2H3. The number of esters is 1. The summed E-state index contributed by atoms with van der Waals surface area (Å²) in [5, 5.41) is 0.184. The normalized spacial score (nSPS) is 17.7. The minimum atomic E-state index is -3.99. The van der Waals surface area contributed by atoms with Gasteiger partial charge in [-0.2, -0.15) is 13.2 Å². The monoisotopic (exact) mass is 370 g/mol. The van der Waals surface area contributed by atoms with Gasteiger partial charge < -0.3 is 9.47 Å². The van der Waals surface area contributed by atoms with Gasteiger partial charge in [0.2, 0.25) is 0 Å². The van der Waals surface area contributed by atoms with E-state index < -0.39 is 29.0 Å². The van der Waals surface area contributed by atoms with Crippen molar-refractivity contribution in [1.82, 2.24) is 0 Å². The molecule has 0 aliphatic carbocycles. The molecular formula is C8H11Br2F3O3. The highest BCUT2D eigenvalue weighted by Crippen LogP contribution is 2.39. The fourth-order valence-corrected chi connectivity index (χ4v) is 1.61. The van der Waals surface area contributed by atoms with Crippen LogP contribution in [0.2, 0.25) is 0 Å². The van der Waals surface area contributed by atoms with Crippen molar-refractivity contribution in [3.63, 3.8) is 0 Å². The van der Waals surface area contributed by atoms with E-state index >= 15 is 0 Å². The van der Waals surface area contributed by atoms with Gasteiger partial charge in [0.05, 0.1) is 7.11 Å². The zero-order chi connectivity index (χ0) is 13.0. The summed E-state index contributed by atoms with van der Waals surface area (Å²) in [5.41, 5.74) is 0. The van der Waals surface area contributed by atoms with Gasteiger partial charge in [0.1, 0.15) is 0 Å². The Hall–Kier alpha value is 0.180. The van der Waals surface area contributed by atoms with Gasteiger partial charge in [0, 0.05) is 23.7 Å². The number of halogens is 5. The molecule has 2 unspecified atom stereocenters. The predicted molar refractivity (Wildman–Crippen MR) is 58.9 cm³/mol. The van der Waals surface area contributed by atoms with E-state index in [9.17, 15) is 18.0 Å². The molecule has 0 aromatic rings. The lowest BCUT2D eigenvalue weighted by Gasteiger charge is -2.30. The Morgan fingerprint density at radius 1 is 1.38 bits per heavy atom. The molecule has 8 heteroatoms. The average Bonchev–Trinajstić information content (AvgIpc) is 2.25. The largest absolute Gasteiger partial charge is 0.465 e. The molecule has 2 atom stereocenters. The second kappa shape index (κ2) is 6.20. The third kappa shape index (κ3) is 3.33. The van der Waals surface area contributed by atoms with Crippen molar-refractivity contribution in [1.29, 1.82) is 0 Å². The first-order valence-electron chi connectivity index (χ1n) is 4.15. The highest BCUT2D eigenvalue weighted by molar-refractivity contribution is 9.12. The van der Waals surface area contributed by atoms with Gasteiger partial charge >= 0.3 is 17.7 Å². The van der Waals surface area contributed by atoms with Gasteiger partial charge in [0.25, 0.3) is 0 Å². The Kier molecular flexibility index (Phi) is 6.27. The van der Waals surface area contributed by atoms with Crippen LogP contribution in [-0.2, 0) is 14.3 Å². The van der Waals surface area contributed by atoms with Crippen LogP contribution in [0.4, 0.5) is 13.2 Å². The number of hydrogen-bond donors (Lipinski definition) is 0. The molecule has 0 aliphatic heterocycles. The first kappa shape index (κ1) is 16.2. The maximum Gasteiger partial charge on any atom is 0.378 e. The molecule has 0 saturated carbocycles. The highest BCUT2D eigenvalue weighted by atomic mass is 79.9. The molecule has 0 aliphatic rings. The van der Waals surface area contributed by atoms with Crippen LogP contribution in [0, 0.1) is 0 Å². The van der Waals surface area contributed by atoms with Gasteiger partial charge in [-0.25, -0.2) is 4.79 Å². The fourth-order valence-electron chi connectivity index (χ4n) is 0.977. The zero-order valence-corrected chi connectivity index (χ0v) is 11.8. The second-order valence-corrected chi connectivity index (χ2v) is 4.89. The Morgan fingerprint density at radius 2 is 1.88 bits per heavy atom. The van der Waals surface area contributed by atoms with Gasteiger partial charge in [-0.05, 0) is 0 Å². The van der Waals surface area contributed by atoms with Gasteiger partial charge in [-0.15, -0.1) is 0 Å². The Balaban J connectivity index is 4.98. The predicted octanol–water partition coefficient (Wildman–Crippen LogP) is 2.66. The van der Waals surface area contributed by atoms with Crippen molar-refractivity contribution in [3.05, 3.63) is 0 Å². The maximum absolute atomic E-state index is 13.7. The van der Waals surface area contributed by atoms with Gasteiger partial charge in [0.15, 0.2) is 0 Å². The SMILES string of the molecule is COC(=O)C(F)(OC)C(F)(F)CC(Br)CBr. The number of carbonyl (C=O) groups excluding carboxylic acids is 1. The first-order chi connectivity index (χ1) is 7.25. The van der Waals surface area contributed by atoms with Gasteiger partial charge in [-0.1, -0.05) is 31.9 Å². The first-order valence-corrected chi connectivity index (χ1v) is 6.19. The van der Waals surface area contributed by atoms with Crippen molar-refractivity contribution in [3.8, 4) is 0 Å². The molecule has 0 heterocycles. The van der Waals surface area contributed by atoms with Crippen LogP contribution >= 0.6 is 31.9 Å². The summed E-state index contributed by atoms with van der Waals surface area (Å²) in [7, 11) is 1.49. The van der Waals surface area contributed by atoms with Crippen molar-refractivity contribution < 1.29 is 27.4 Å². The van der Waals surface area contributed by atoms with E-state index in [0.29, 0.717) is 7.11 Å². The molecule has 0 N–H and O–H groups in total. The second-order valence-electron chi connectivity index (χ2n) is 2.95. The lowest BCUT2D eigenvalue weighted by molar-refractivity contribution is -0.268. The Morgan fingerprint density at radius 3 is 2.19 bits per heavy atom. The molecule has 96 valence electrons. The molecule has 0 fully saturated rings. The van der Waals surface area contributed by atoms with E-state index in [4.69, 9.17) is 0 Å². The van der Waals surface area contributed by atoms with E-state index in [1.54, 1.807) is 0 Å². The molecule has 0 bridgehead atoms. The van der Waals surface area contributed by atoms with E-state index in [1.807, 2.05) is 0 Å². The third-order valence-electron chi connectivity index (χ3n) is 1.84. The fraction of sp³-hybridized carbons (Fsp3) is 0.875. The van der Waals surface area contributed by atoms with Gasteiger partial charge in [-0.3, -0.25) is 0 Å². The number of rotatable bonds is 6. The molecule has 0 radical (unpaired) electrons. The number of ether oxygens (including phenoxy) is 2. The number of alkyl halides is 5. The molecule has 16 heavy (non-hydrogen) atoms. The molecule has 0 rings (SSSR count). The topological polar surface area (TPSA) is 35.5 Å². The summed E-state index contributed by atoms with van der Waals surface area (Å²) in [6, 6.07) is 0. The van der Waals surface area contributed by atoms with Crippen molar-refractivity contribution in [2.45, 2.75) is 23.0 Å².